The van der Waals surface area contributed by atoms with Gasteiger partial charge in [0.25, 0.3) is 5.56 Å². The Labute approximate surface area is 258 Å². The predicted octanol–water partition coefficient (Wildman–Crippen LogP) is 5.55. The maximum atomic E-state index is 15.1. The van der Waals surface area contributed by atoms with Gasteiger partial charge in [0.1, 0.15) is 34.7 Å². The number of ether oxygens (including phenoxy) is 2. The summed E-state index contributed by atoms with van der Waals surface area (Å²) in [6.07, 6.45) is 4.20. The number of amides is 2. The van der Waals surface area contributed by atoms with Gasteiger partial charge in [0.2, 0.25) is 0 Å². The quantitative estimate of drug-likeness (QED) is 0.226. The first-order valence-electron chi connectivity index (χ1n) is 14.8. The molecular weight excluding hydrogens is 584 g/mol. The second kappa shape index (κ2) is 12.9. The van der Waals surface area contributed by atoms with Crippen molar-refractivity contribution in [3.8, 4) is 22.9 Å². The average molecular weight is 618 g/mol. The van der Waals surface area contributed by atoms with E-state index >= 15 is 4.39 Å². The highest BCUT2D eigenvalue weighted by Gasteiger charge is 2.41. The number of urea groups is 1. The number of anilines is 2. The molecule has 234 valence electrons. The van der Waals surface area contributed by atoms with Crippen molar-refractivity contribution in [2.75, 3.05) is 30.3 Å². The number of nitrogens with one attached hydrogen (secondary N) is 2. The average Bonchev–Trinajstić information content (AvgIpc) is 3.57. The number of hydrogen-bond acceptors (Lipinski definition) is 7. The van der Waals surface area contributed by atoms with Crippen LogP contribution in [0, 0.1) is 23.5 Å². The van der Waals surface area contributed by atoms with E-state index in [9.17, 15) is 19.1 Å². The van der Waals surface area contributed by atoms with Gasteiger partial charge in [-0.3, -0.25) is 14.7 Å². The second-order valence-electron chi connectivity index (χ2n) is 11.2. The van der Waals surface area contributed by atoms with E-state index in [0.717, 1.165) is 12.8 Å². The van der Waals surface area contributed by atoms with Crippen LogP contribution in [0.1, 0.15) is 25.3 Å². The number of benzene rings is 2. The fraction of sp³-hybridized carbons (Fsp3) is 0.303. The molecule has 0 spiro atoms. The Hall–Kier alpha value is -4.97. The van der Waals surface area contributed by atoms with Gasteiger partial charge >= 0.3 is 6.03 Å². The van der Waals surface area contributed by atoms with Gasteiger partial charge in [0.15, 0.2) is 0 Å². The van der Waals surface area contributed by atoms with Crippen molar-refractivity contribution in [2.24, 2.45) is 11.8 Å². The molecule has 12 heteroatoms. The molecule has 1 aliphatic carbocycles. The number of carbonyl (C=O) groups excluding carboxylic acids is 1. The number of nitrogens with zero attached hydrogens (tertiary/aromatic N) is 3. The van der Waals surface area contributed by atoms with Crippen molar-refractivity contribution >= 4 is 17.5 Å². The molecule has 10 nitrogen and oxygen atoms in total. The Kier molecular flexibility index (Phi) is 8.65. The molecule has 4 aromatic rings. The molecule has 2 fully saturated rings. The third-order valence-corrected chi connectivity index (χ3v) is 8.17. The molecule has 0 bridgehead atoms. The minimum absolute atomic E-state index is 0.0279. The lowest BCUT2D eigenvalue weighted by molar-refractivity contribution is 0.163. The number of fused-ring (bicyclic) bond motifs is 1. The van der Waals surface area contributed by atoms with Crippen LogP contribution in [0.2, 0.25) is 0 Å². The lowest BCUT2D eigenvalue weighted by Gasteiger charge is -2.18. The SMILES string of the molecule is CCOc1ccn(-c2ccc(F)cc2)c(=O)c1CNc1ccc(Oc2ccnc(NC(=O)N3CC4CC(O)CC4C3)c2)cc1F. The molecule has 2 aliphatic rings. The van der Waals surface area contributed by atoms with Gasteiger partial charge in [-0.1, -0.05) is 0 Å². The summed E-state index contributed by atoms with van der Waals surface area (Å²) in [4.78, 5) is 32.1. The smallest absolute Gasteiger partial charge is 0.323 e. The second-order valence-corrected chi connectivity index (χ2v) is 11.2. The Balaban J connectivity index is 1.11. The molecule has 1 aliphatic heterocycles. The molecule has 6 rings (SSSR count). The summed E-state index contributed by atoms with van der Waals surface area (Å²) in [5.74, 6) is 0.858. The zero-order chi connectivity index (χ0) is 31.5. The Bertz CT molecular complexity index is 1730. The molecule has 2 aromatic carbocycles. The molecule has 2 aromatic heterocycles. The van der Waals surface area contributed by atoms with Gasteiger partial charge in [-0.15, -0.1) is 0 Å². The number of aromatic nitrogens is 2. The lowest BCUT2D eigenvalue weighted by Crippen LogP contribution is -2.34. The van der Waals surface area contributed by atoms with Gasteiger partial charge in [-0.05, 0) is 80.1 Å². The van der Waals surface area contributed by atoms with Crippen LogP contribution >= 0.6 is 0 Å². The van der Waals surface area contributed by atoms with Crippen LogP contribution in [0.5, 0.6) is 17.2 Å². The summed E-state index contributed by atoms with van der Waals surface area (Å²) in [7, 11) is 0. The zero-order valence-electron chi connectivity index (χ0n) is 24.6. The van der Waals surface area contributed by atoms with Gasteiger partial charge < -0.3 is 24.8 Å². The number of pyridine rings is 2. The highest BCUT2D eigenvalue weighted by atomic mass is 19.1. The lowest BCUT2D eigenvalue weighted by atomic mass is 10.0. The molecule has 0 radical (unpaired) electrons. The summed E-state index contributed by atoms with van der Waals surface area (Å²) in [5.41, 5.74) is 0.528. The molecule has 1 saturated carbocycles. The zero-order valence-corrected chi connectivity index (χ0v) is 24.6. The van der Waals surface area contributed by atoms with E-state index in [1.807, 2.05) is 0 Å². The number of halogens is 2. The number of aliphatic hydroxyl groups excluding tert-OH is 1. The maximum Gasteiger partial charge on any atom is 0.323 e. The van der Waals surface area contributed by atoms with Crippen LogP contribution in [0.25, 0.3) is 5.69 Å². The van der Waals surface area contributed by atoms with E-state index in [-0.39, 0.29) is 41.2 Å². The van der Waals surface area contributed by atoms with Crippen molar-refractivity contribution in [3.63, 3.8) is 0 Å². The Morgan fingerprint density at radius 3 is 2.47 bits per heavy atom. The molecule has 3 heterocycles. The molecule has 3 N–H and O–H groups in total. The summed E-state index contributed by atoms with van der Waals surface area (Å²) in [6.45, 7) is 3.30. The van der Waals surface area contributed by atoms with Crippen LogP contribution in [0.3, 0.4) is 0 Å². The number of aliphatic hydroxyl groups is 1. The van der Waals surface area contributed by atoms with Crippen molar-refractivity contribution in [1.82, 2.24) is 14.5 Å². The third-order valence-electron chi connectivity index (χ3n) is 8.17. The van der Waals surface area contributed by atoms with Crippen molar-refractivity contribution in [3.05, 3.63) is 101 Å². The molecular formula is C33H33F2N5O5. The fourth-order valence-corrected chi connectivity index (χ4v) is 6.01. The van der Waals surface area contributed by atoms with Gasteiger partial charge in [-0.2, -0.15) is 0 Å². The number of hydrogen-bond donors (Lipinski definition) is 3. The van der Waals surface area contributed by atoms with Crippen LogP contribution in [-0.4, -0.2) is 51.4 Å². The van der Waals surface area contributed by atoms with E-state index < -0.39 is 11.6 Å². The Morgan fingerprint density at radius 1 is 1.02 bits per heavy atom. The van der Waals surface area contributed by atoms with E-state index in [4.69, 9.17) is 9.47 Å². The standard InChI is InChI=1S/C33H33F2N5O5/c1-2-44-30-10-12-40(23-5-3-22(34)4-6-23)32(42)27(30)17-37-29-8-7-25(15-28(29)35)45-26-9-11-36-31(16-26)38-33(43)39-18-20-13-24(41)14-21(20)19-39/h3-12,15-16,20-21,24,37,41H,2,13-14,17-19H2,1H3,(H,36,38,43). The largest absolute Gasteiger partial charge is 0.493 e. The third kappa shape index (κ3) is 6.75. The number of likely N-dealkylation sites (tertiary alicyclic amines) is 1. The summed E-state index contributed by atoms with van der Waals surface area (Å²) >= 11 is 0. The van der Waals surface area contributed by atoms with Crippen LogP contribution in [0.4, 0.5) is 25.1 Å². The summed E-state index contributed by atoms with van der Waals surface area (Å²) in [6, 6.07) is 14.3. The molecule has 2 amide bonds. The first kappa shape index (κ1) is 30.1. The molecule has 1 saturated heterocycles. The number of rotatable bonds is 9. The number of carbonyl (C=O) groups is 1. The van der Waals surface area contributed by atoms with Crippen LogP contribution in [0.15, 0.2) is 77.9 Å². The monoisotopic (exact) mass is 617 g/mol. The highest BCUT2D eigenvalue weighted by Crippen LogP contribution is 2.38. The van der Waals surface area contributed by atoms with E-state index in [1.54, 1.807) is 42.3 Å². The van der Waals surface area contributed by atoms with Gasteiger partial charge in [0, 0.05) is 49.8 Å². The Morgan fingerprint density at radius 2 is 1.76 bits per heavy atom. The highest BCUT2D eigenvalue weighted by molar-refractivity contribution is 5.88. The fourth-order valence-electron chi connectivity index (χ4n) is 6.01. The predicted molar refractivity (Wildman–Crippen MR) is 164 cm³/mol. The normalized spacial score (nSPS) is 18.8. The first-order chi connectivity index (χ1) is 21.8. The van der Waals surface area contributed by atoms with Gasteiger partial charge in [-0.25, -0.2) is 18.6 Å². The van der Waals surface area contributed by atoms with Gasteiger partial charge in [0.05, 0.1) is 24.0 Å². The minimum atomic E-state index is -0.604. The van der Waals surface area contributed by atoms with Crippen LogP contribution < -0.4 is 25.7 Å². The van der Waals surface area contributed by atoms with Crippen molar-refractivity contribution in [2.45, 2.75) is 32.4 Å². The topological polar surface area (TPSA) is 118 Å². The molecule has 2 atom stereocenters. The van der Waals surface area contributed by atoms with Crippen LogP contribution in [-0.2, 0) is 6.54 Å². The molecule has 45 heavy (non-hydrogen) atoms. The minimum Gasteiger partial charge on any atom is -0.493 e. The van der Waals surface area contributed by atoms with E-state index in [0.29, 0.717) is 54.5 Å². The van der Waals surface area contributed by atoms with Crippen molar-refractivity contribution < 1.29 is 28.2 Å². The summed E-state index contributed by atoms with van der Waals surface area (Å²) in [5, 5.41) is 15.6. The molecule has 2 unspecified atom stereocenters. The van der Waals surface area contributed by atoms with Crippen molar-refractivity contribution in [1.29, 1.82) is 0 Å². The van der Waals surface area contributed by atoms with E-state index in [2.05, 4.69) is 15.6 Å². The van der Waals surface area contributed by atoms with E-state index in [1.165, 1.54) is 47.2 Å². The summed E-state index contributed by atoms with van der Waals surface area (Å²) < 4.78 is 41.4. The first-order valence-corrected chi connectivity index (χ1v) is 14.8. The maximum absolute atomic E-state index is 15.1.